The predicted octanol–water partition coefficient (Wildman–Crippen LogP) is 1.81. The molecule has 0 aliphatic carbocycles. The van der Waals surface area contributed by atoms with Gasteiger partial charge < -0.3 is 10.2 Å². The second-order valence-electron chi connectivity index (χ2n) is 6.97. The number of quaternary nitrogens is 1. The van der Waals surface area contributed by atoms with E-state index >= 15 is 0 Å². The number of rotatable bonds is 5. The Morgan fingerprint density at radius 3 is 2.39 bits per heavy atom. The van der Waals surface area contributed by atoms with Crippen molar-refractivity contribution in [3.05, 3.63) is 58.6 Å². The number of amides is 1. The van der Waals surface area contributed by atoms with Crippen LogP contribution in [0.3, 0.4) is 0 Å². The fourth-order valence-corrected chi connectivity index (χ4v) is 4.89. The van der Waals surface area contributed by atoms with Gasteiger partial charge in [0.25, 0.3) is 5.91 Å². The maximum Gasteiger partial charge on any atom is 0.257 e. The Morgan fingerprint density at radius 1 is 1.14 bits per heavy atom. The molecule has 0 saturated carbocycles. The summed E-state index contributed by atoms with van der Waals surface area (Å²) in [4.78, 5) is 14.1. The summed E-state index contributed by atoms with van der Waals surface area (Å²) in [6.45, 7) is 7.54. The molecule has 2 N–H and O–H groups in total. The molecule has 0 radical (unpaired) electrons. The van der Waals surface area contributed by atoms with Crippen LogP contribution in [0.5, 0.6) is 0 Å². The van der Waals surface area contributed by atoms with E-state index in [4.69, 9.17) is 11.6 Å². The quantitative estimate of drug-likeness (QED) is 0.772. The second kappa shape index (κ2) is 8.61. The van der Waals surface area contributed by atoms with Gasteiger partial charge in [-0.2, -0.15) is 4.31 Å². The number of hydrogen-bond acceptors (Lipinski definition) is 3. The van der Waals surface area contributed by atoms with E-state index in [1.807, 2.05) is 19.1 Å². The highest BCUT2D eigenvalue weighted by molar-refractivity contribution is 7.89. The minimum absolute atomic E-state index is 0.0888. The first-order chi connectivity index (χ1) is 13.3. The Labute approximate surface area is 171 Å². The summed E-state index contributed by atoms with van der Waals surface area (Å²) in [6, 6.07) is 11.6. The Morgan fingerprint density at radius 2 is 1.79 bits per heavy atom. The maximum atomic E-state index is 13.0. The number of benzene rings is 2. The van der Waals surface area contributed by atoms with E-state index in [0.717, 1.165) is 25.2 Å². The average molecular weight is 423 g/mol. The lowest BCUT2D eigenvalue weighted by molar-refractivity contribution is -0.901. The third kappa shape index (κ3) is 4.55. The number of halogens is 1. The highest BCUT2D eigenvalue weighted by atomic mass is 35.5. The van der Waals surface area contributed by atoms with E-state index < -0.39 is 15.9 Å². The number of nitrogens with zero attached hydrogens (tertiary/aromatic N) is 1. The molecule has 0 unspecified atom stereocenters. The van der Waals surface area contributed by atoms with Crippen LogP contribution in [0.25, 0.3) is 0 Å². The summed E-state index contributed by atoms with van der Waals surface area (Å²) in [5, 5.41) is 2.97. The van der Waals surface area contributed by atoms with Gasteiger partial charge in [0.1, 0.15) is 0 Å². The van der Waals surface area contributed by atoms with Gasteiger partial charge in [0, 0.05) is 5.69 Å². The highest BCUT2D eigenvalue weighted by Crippen LogP contribution is 2.24. The van der Waals surface area contributed by atoms with E-state index in [0.29, 0.717) is 18.8 Å². The average Bonchev–Trinajstić information content (AvgIpc) is 2.70. The lowest BCUT2D eigenvalue weighted by Crippen LogP contribution is -3.14. The SMILES string of the molecule is CC[NH+]1CCN(S(=O)(=O)c2ccc(Cl)c(C(=O)Nc3ccc(C)cc3)c2)CC1. The van der Waals surface area contributed by atoms with Gasteiger partial charge in [0.15, 0.2) is 0 Å². The Kier molecular flexibility index (Phi) is 6.40. The smallest absolute Gasteiger partial charge is 0.257 e. The van der Waals surface area contributed by atoms with Crippen LogP contribution >= 0.6 is 11.6 Å². The molecule has 1 aliphatic rings. The monoisotopic (exact) mass is 422 g/mol. The molecule has 28 heavy (non-hydrogen) atoms. The van der Waals surface area contributed by atoms with Gasteiger partial charge in [-0.15, -0.1) is 0 Å². The first-order valence-electron chi connectivity index (χ1n) is 9.32. The molecular weight excluding hydrogens is 398 g/mol. The zero-order valence-corrected chi connectivity index (χ0v) is 17.6. The van der Waals surface area contributed by atoms with Gasteiger partial charge >= 0.3 is 0 Å². The number of carbonyl (C=O) groups excluding carboxylic acids is 1. The third-order valence-corrected chi connectivity index (χ3v) is 7.28. The molecule has 0 bridgehead atoms. The second-order valence-corrected chi connectivity index (χ2v) is 9.31. The summed E-state index contributed by atoms with van der Waals surface area (Å²) in [6.07, 6.45) is 0. The minimum Gasteiger partial charge on any atom is -0.333 e. The molecule has 0 aromatic heterocycles. The van der Waals surface area contributed by atoms with E-state index in [-0.39, 0.29) is 15.5 Å². The third-order valence-electron chi connectivity index (χ3n) is 5.06. The molecule has 0 atom stereocenters. The summed E-state index contributed by atoms with van der Waals surface area (Å²) < 4.78 is 27.5. The van der Waals surface area contributed by atoms with Gasteiger partial charge in [-0.1, -0.05) is 29.3 Å². The van der Waals surface area contributed by atoms with Crippen LogP contribution in [-0.4, -0.2) is 51.4 Å². The number of anilines is 1. The normalized spacial score (nSPS) is 16.1. The lowest BCUT2D eigenvalue weighted by Gasteiger charge is -2.30. The zero-order valence-electron chi connectivity index (χ0n) is 16.0. The fraction of sp³-hybridized carbons (Fsp3) is 0.350. The Hall–Kier alpha value is -1.93. The van der Waals surface area contributed by atoms with Crippen molar-refractivity contribution in [2.75, 3.05) is 38.0 Å². The summed E-state index contributed by atoms with van der Waals surface area (Å²) in [5.74, 6) is -0.439. The topological polar surface area (TPSA) is 70.9 Å². The number of likely N-dealkylation sites (N-methyl/N-ethyl adjacent to an activating group) is 1. The van der Waals surface area contributed by atoms with E-state index in [1.54, 1.807) is 12.1 Å². The van der Waals surface area contributed by atoms with Crippen molar-refractivity contribution in [3.63, 3.8) is 0 Å². The number of piperazine rings is 1. The molecule has 8 heteroatoms. The Bertz CT molecular complexity index is 953. The van der Waals surface area contributed by atoms with Gasteiger partial charge in [-0.05, 0) is 44.2 Å². The van der Waals surface area contributed by atoms with Crippen LogP contribution in [0, 0.1) is 6.92 Å². The summed E-state index contributed by atoms with van der Waals surface area (Å²) in [7, 11) is -3.66. The van der Waals surface area contributed by atoms with Crippen molar-refractivity contribution in [1.82, 2.24) is 4.31 Å². The van der Waals surface area contributed by atoms with Crippen LogP contribution in [0.4, 0.5) is 5.69 Å². The standard InChI is InChI=1S/C20H24ClN3O3S/c1-3-23-10-12-24(13-11-23)28(26,27)17-8-9-19(21)18(14-17)20(25)22-16-6-4-15(2)5-7-16/h4-9,14H,3,10-13H2,1-2H3,(H,22,25)/p+1. The minimum atomic E-state index is -3.66. The van der Waals surface area contributed by atoms with Crippen LogP contribution in [0.2, 0.25) is 5.02 Å². The number of sulfonamides is 1. The van der Waals surface area contributed by atoms with Crippen molar-refractivity contribution in [2.24, 2.45) is 0 Å². The first-order valence-corrected chi connectivity index (χ1v) is 11.1. The van der Waals surface area contributed by atoms with Crippen LogP contribution < -0.4 is 10.2 Å². The molecule has 3 rings (SSSR count). The highest BCUT2D eigenvalue weighted by Gasteiger charge is 2.30. The summed E-state index contributed by atoms with van der Waals surface area (Å²) in [5.41, 5.74) is 1.84. The zero-order chi connectivity index (χ0) is 20.3. The number of nitrogens with one attached hydrogen (secondary N) is 2. The van der Waals surface area contributed by atoms with Crippen molar-refractivity contribution >= 4 is 33.2 Å². The number of carbonyl (C=O) groups is 1. The molecule has 1 aliphatic heterocycles. The molecule has 1 saturated heterocycles. The van der Waals surface area contributed by atoms with E-state index in [2.05, 4.69) is 12.2 Å². The fourth-order valence-electron chi connectivity index (χ4n) is 3.22. The van der Waals surface area contributed by atoms with Crippen molar-refractivity contribution < 1.29 is 18.1 Å². The molecule has 1 amide bonds. The van der Waals surface area contributed by atoms with Gasteiger partial charge in [0.05, 0.1) is 48.2 Å². The van der Waals surface area contributed by atoms with E-state index in [9.17, 15) is 13.2 Å². The largest absolute Gasteiger partial charge is 0.333 e. The summed E-state index contributed by atoms with van der Waals surface area (Å²) >= 11 is 6.18. The maximum absolute atomic E-state index is 13.0. The van der Waals surface area contributed by atoms with Crippen LogP contribution in [0.1, 0.15) is 22.8 Å². The van der Waals surface area contributed by atoms with Crippen molar-refractivity contribution in [2.45, 2.75) is 18.7 Å². The molecular formula is C20H25ClN3O3S+. The van der Waals surface area contributed by atoms with Crippen molar-refractivity contribution in [3.8, 4) is 0 Å². The molecule has 2 aromatic carbocycles. The predicted molar refractivity (Wildman–Crippen MR) is 111 cm³/mol. The molecule has 150 valence electrons. The Balaban J connectivity index is 1.82. The van der Waals surface area contributed by atoms with Crippen molar-refractivity contribution in [1.29, 1.82) is 0 Å². The van der Waals surface area contributed by atoms with Gasteiger partial charge in [-0.3, -0.25) is 4.79 Å². The molecule has 0 spiro atoms. The van der Waals surface area contributed by atoms with Crippen LogP contribution in [-0.2, 0) is 10.0 Å². The molecule has 2 aromatic rings. The van der Waals surface area contributed by atoms with Crippen LogP contribution in [0.15, 0.2) is 47.4 Å². The molecule has 1 heterocycles. The lowest BCUT2D eigenvalue weighted by atomic mass is 10.2. The first kappa shape index (κ1) is 20.8. The number of aryl methyl sites for hydroxylation is 1. The van der Waals surface area contributed by atoms with Gasteiger partial charge in [0.2, 0.25) is 10.0 Å². The van der Waals surface area contributed by atoms with E-state index in [1.165, 1.54) is 27.4 Å². The number of hydrogen-bond donors (Lipinski definition) is 2. The molecule has 6 nitrogen and oxygen atoms in total. The molecule has 1 fully saturated rings. The van der Waals surface area contributed by atoms with Gasteiger partial charge in [-0.25, -0.2) is 8.42 Å².